The van der Waals surface area contributed by atoms with Crippen LogP contribution in [0.3, 0.4) is 0 Å². The fraction of sp³-hybridized carbons (Fsp3) is 0.0952. The normalized spacial score (nSPS) is 11.0. The zero-order valence-corrected chi connectivity index (χ0v) is 13.4. The van der Waals surface area contributed by atoms with Crippen molar-refractivity contribution in [3.8, 4) is 22.6 Å². The molecular weight excluding hydrogens is 298 g/mol. The van der Waals surface area contributed by atoms with Crippen LogP contribution in [0.25, 0.3) is 32.9 Å². The van der Waals surface area contributed by atoms with Crippen LogP contribution < -0.4 is 4.74 Å². The minimum atomic E-state index is 0.210. The number of nitrogens with zero attached hydrogens (tertiary/aromatic N) is 1. The Morgan fingerprint density at radius 2 is 1.71 bits per heavy atom. The predicted octanol–water partition coefficient (Wildman–Crippen LogP) is 5.16. The predicted molar refractivity (Wildman–Crippen MR) is 97.5 cm³/mol. The second-order valence-corrected chi connectivity index (χ2v) is 5.64. The van der Waals surface area contributed by atoms with Crippen LogP contribution in [0, 0.1) is 0 Å². The van der Waals surface area contributed by atoms with E-state index in [4.69, 9.17) is 9.72 Å². The summed E-state index contributed by atoms with van der Waals surface area (Å²) in [4.78, 5) is 4.75. The Hall–Kier alpha value is -3.07. The first-order chi connectivity index (χ1) is 11.8. The van der Waals surface area contributed by atoms with Gasteiger partial charge in [0.1, 0.15) is 11.5 Å². The van der Waals surface area contributed by atoms with Crippen LogP contribution in [0.5, 0.6) is 11.5 Å². The van der Waals surface area contributed by atoms with Gasteiger partial charge in [-0.3, -0.25) is 0 Å². The van der Waals surface area contributed by atoms with Crippen molar-refractivity contribution >= 4 is 21.8 Å². The van der Waals surface area contributed by atoms with Crippen molar-refractivity contribution in [3.63, 3.8) is 0 Å². The van der Waals surface area contributed by atoms with Crippen LogP contribution in [-0.2, 0) is 0 Å². The highest BCUT2D eigenvalue weighted by molar-refractivity contribution is 6.02. The van der Waals surface area contributed by atoms with Crippen LogP contribution in [0.4, 0.5) is 0 Å². The zero-order valence-electron chi connectivity index (χ0n) is 13.4. The molecule has 3 aromatic carbocycles. The number of pyridine rings is 1. The Bertz CT molecular complexity index is 1040. The van der Waals surface area contributed by atoms with E-state index in [-0.39, 0.29) is 5.75 Å². The first-order valence-electron chi connectivity index (χ1n) is 8.01. The maximum atomic E-state index is 10.4. The maximum absolute atomic E-state index is 10.4. The van der Waals surface area contributed by atoms with Crippen molar-refractivity contribution in [2.24, 2.45) is 0 Å². The molecule has 3 nitrogen and oxygen atoms in total. The second kappa shape index (κ2) is 5.85. The third-order valence-corrected chi connectivity index (χ3v) is 4.13. The fourth-order valence-electron chi connectivity index (χ4n) is 3.08. The molecule has 0 aliphatic rings. The lowest BCUT2D eigenvalue weighted by atomic mass is 9.97. The summed E-state index contributed by atoms with van der Waals surface area (Å²) in [5.41, 5.74) is 3.50. The van der Waals surface area contributed by atoms with Gasteiger partial charge in [0.15, 0.2) is 0 Å². The van der Waals surface area contributed by atoms with Crippen LogP contribution in [0.2, 0.25) is 0 Å². The van der Waals surface area contributed by atoms with Crippen molar-refractivity contribution < 1.29 is 9.84 Å². The summed E-state index contributed by atoms with van der Waals surface area (Å²) in [5.74, 6) is 0.889. The number of aromatic hydroxyl groups is 1. The molecule has 0 bridgehead atoms. The maximum Gasteiger partial charge on any atom is 0.130 e. The highest BCUT2D eigenvalue weighted by atomic mass is 16.5. The van der Waals surface area contributed by atoms with Gasteiger partial charge >= 0.3 is 0 Å². The molecule has 4 rings (SSSR count). The molecule has 0 spiro atoms. The number of phenols is 1. The highest BCUT2D eigenvalue weighted by Gasteiger charge is 2.15. The summed E-state index contributed by atoms with van der Waals surface area (Å²) in [6, 6.07) is 21.5. The van der Waals surface area contributed by atoms with Crippen molar-refractivity contribution in [1.82, 2.24) is 4.98 Å². The highest BCUT2D eigenvalue weighted by Crippen LogP contribution is 2.41. The Balaban J connectivity index is 2.06. The van der Waals surface area contributed by atoms with Crippen molar-refractivity contribution in [1.29, 1.82) is 0 Å². The lowest BCUT2D eigenvalue weighted by Gasteiger charge is -2.14. The average Bonchev–Trinajstić information content (AvgIpc) is 2.60. The van der Waals surface area contributed by atoms with Gasteiger partial charge in [0.25, 0.3) is 0 Å². The molecular formula is C21H17NO2. The van der Waals surface area contributed by atoms with Gasteiger partial charge in [-0.05, 0) is 42.8 Å². The Labute approximate surface area is 140 Å². The van der Waals surface area contributed by atoms with Gasteiger partial charge in [-0.2, -0.15) is 0 Å². The van der Waals surface area contributed by atoms with Gasteiger partial charge in [0.2, 0.25) is 0 Å². The number of aromatic nitrogens is 1. The molecule has 0 amide bonds. The van der Waals surface area contributed by atoms with Gasteiger partial charge in [0, 0.05) is 10.8 Å². The summed E-state index contributed by atoms with van der Waals surface area (Å²) < 4.78 is 5.73. The minimum Gasteiger partial charge on any atom is -0.507 e. The first kappa shape index (κ1) is 14.5. The second-order valence-electron chi connectivity index (χ2n) is 5.64. The quantitative estimate of drug-likeness (QED) is 0.531. The fourth-order valence-corrected chi connectivity index (χ4v) is 3.08. The molecule has 0 aliphatic heterocycles. The SMILES string of the molecule is CCOc1cccc(O)c1-c1cccc2nc3ccccc3cc12. The Morgan fingerprint density at radius 3 is 2.58 bits per heavy atom. The van der Waals surface area contributed by atoms with Crippen LogP contribution in [0.1, 0.15) is 6.92 Å². The number of hydrogen-bond acceptors (Lipinski definition) is 3. The molecule has 0 unspecified atom stereocenters. The van der Waals surface area contributed by atoms with Crippen molar-refractivity contribution in [2.45, 2.75) is 6.92 Å². The topological polar surface area (TPSA) is 42.4 Å². The van der Waals surface area contributed by atoms with Gasteiger partial charge in [-0.25, -0.2) is 4.98 Å². The molecule has 0 aliphatic carbocycles. The van der Waals surface area contributed by atoms with Gasteiger partial charge in [0.05, 0.1) is 23.2 Å². The Kier molecular flexibility index (Phi) is 3.54. The minimum absolute atomic E-state index is 0.210. The summed E-state index contributed by atoms with van der Waals surface area (Å²) in [7, 11) is 0. The zero-order chi connectivity index (χ0) is 16.5. The molecule has 0 saturated carbocycles. The number of para-hydroxylation sites is 1. The number of fused-ring (bicyclic) bond motifs is 2. The van der Waals surface area contributed by atoms with Gasteiger partial charge in [-0.15, -0.1) is 0 Å². The molecule has 1 N–H and O–H groups in total. The summed E-state index contributed by atoms with van der Waals surface area (Å²) >= 11 is 0. The van der Waals surface area contributed by atoms with Crippen LogP contribution in [0.15, 0.2) is 66.7 Å². The van der Waals surface area contributed by atoms with E-state index < -0.39 is 0 Å². The largest absolute Gasteiger partial charge is 0.507 e. The molecule has 3 heteroatoms. The van der Waals surface area contributed by atoms with E-state index >= 15 is 0 Å². The monoisotopic (exact) mass is 315 g/mol. The number of hydrogen-bond donors (Lipinski definition) is 1. The van der Waals surface area contributed by atoms with E-state index in [1.54, 1.807) is 12.1 Å². The third kappa shape index (κ3) is 2.35. The van der Waals surface area contributed by atoms with E-state index in [0.717, 1.165) is 27.4 Å². The number of rotatable bonds is 3. The smallest absolute Gasteiger partial charge is 0.130 e. The van der Waals surface area contributed by atoms with E-state index in [0.29, 0.717) is 17.9 Å². The molecule has 4 aromatic rings. The van der Waals surface area contributed by atoms with Crippen LogP contribution in [-0.4, -0.2) is 16.7 Å². The van der Waals surface area contributed by atoms with Crippen LogP contribution >= 0.6 is 0 Å². The molecule has 0 saturated heterocycles. The molecule has 1 aromatic heterocycles. The Morgan fingerprint density at radius 1 is 0.917 bits per heavy atom. The third-order valence-electron chi connectivity index (χ3n) is 4.13. The number of phenolic OH excluding ortho intramolecular Hbond substituents is 1. The van der Waals surface area contributed by atoms with E-state index in [2.05, 4.69) is 6.07 Å². The average molecular weight is 315 g/mol. The van der Waals surface area contributed by atoms with Crippen molar-refractivity contribution in [2.75, 3.05) is 6.61 Å². The molecule has 0 radical (unpaired) electrons. The first-order valence-corrected chi connectivity index (χ1v) is 8.01. The summed E-state index contributed by atoms with van der Waals surface area (Å²) in [6.45, 7) is 2.48. The molecule has 0 atom stereocenters. The van der Waals surface area contributed by atoms with E-state index in [9.17, 15) is 5.11 Å². The van der Waals surface area contributed by atoms with E-state index in [1.807, 2.05) is 55.5 Å². The molecule has 1 heterocycles. The van der Waals surface area contributed by atoms with Gasteiger partial charge < -0.3 is 9.84 Å². The summed E-state index contributed by atoms with van der Waals surface area (Å²) in [6.07, 6.45) is 0. The van der Waals surface area contributed by atoms with E-state index in [1.165, 1.54) is 0 Å². The number of ether oxygens (including phenoxy) is 1. The molecule has 24 heavy (non-hydrogen) atoms. The lowest BCUT2D eigenvalue weighted by molar-refractivity contribution is 0.339. The lowest BCUT2D eigenvalue weighted by Crippen LogP contribution is -1.95. The van der Waals surface area contributed by atoms with Crippen molar-refractivity contribution in [3.05, 3.63) is 66.7 Å². The summed E-state index contributed by atoms with van der Waals surface area (Å²) in [5, 5.41) is 12.5. The molecule has 118 valence electrons. The molecule has 0 fully saturated rings. The standard InChI is InChI=1S/C21H17NO2/c1-2-24-20-12-6-11-19(23)21(20)15-8-5-10-18-16(15)13-14-7-3-4-9-17(14)22-18/h3-13,23H,2H2,1H3. The number of benzene rings is 3. The van der Waals surface area contributed by atoms with Gasteiger partial charge in [-0.1, -0.05) is 36.4 Å².